The minimum atomic E-state index is -0.213. The summed E-state index contributed by atoms with van der Waals surface area (Å²) in [5.41, 5.74) is -0.213. The molecule has 2 atom stereocenters. The van der Waals surface area contributed by atoms with Gasteiger partial charge in [-0.2, -0.15) is 0 Å². The molecule has 0 amide bonds. The molecule has 16 heavy (non-hydrogen) atoms. The number of aliphatic hydroxyl groups excluding tert-OH is 1. The summed E-state index contributed by atoms with van der Waals surface area (Å²) < 4.78 is 10.9. The van der Waals surface area contributed by atoms with Crippen LogP contribution in [-0.2, 0) is 9.47 Å². The number of rotatable bonds is 8. The van der Waals surface area contributed by atoms with Gasteiger partial charge in [0.15, 0.2) is 0 Å². The normalized spacial score (nSPS) is 24.6. The van der Waals surface area contributed by atoms with Gasteiger partial charge in [0.25, 0.3) is 0 Å². The van der Waals surface area contributed by atoms with Crippen LogP contribution in [0.2, 0.25) is 0 Å². The van der Waals surface area contributed by atoms with Crippen LogP contribution in [0, 0.1) is 0 Å². The second-order valence-corrected chi connectivity index (χ2v) is 4.75. The summed E-state index contributed by atoms with van der Waals surface area (Å²) in [5, 5.41) is 12.7. The molecular formula is C12H25NO3. The van der Waals surface area contributed by atoms with Gasteiger partial charge in [0.05, 0.1) is 19.3 Å². The van der Waals surface area contributed by atoms with E-state index in [4.69, 9.17) is 9.47 Å². The highest BCUT2D eigenvalue weighted by Crippen LogP contribution is 2.13. The fraction of sp³-hybridized carbons (Fsp3) is 1.00. The average molecular weight is 231 g/mol. The van der Waals surface area contributed by atoms with Crippen molar-refractivity contribution in [3.63, 3.8) is 0 Å². The van der Waals surface area contributed by atoms with E-state index in [1.807, 2.05) is 6.92 Å². The van der Waals surface area contributed by atoms with Crippen molar-refractivity contribution in [1.82, 2.24) is 5.32 Å². The van der Waals surface area contributed by atoms with E-state index in [-0.39, 0.29) is 18.2 Å². The van der Waals surface area contributed by atoms with E-state index in [0.717, 1.165) is 39.0 Å². The minimum Gasteiger partial charge on any atom is -0.394 e. The highest BCUT2D eigenvalue weighted by atomic mass is 16.5. The molecule has 0 aromatic rings. The van der Waals surface area contributed by atoms with Crippen molar-refractivity contribution in [3.8, 4) is 0 Å². The summed E-state index contributed by atoms with van der Waals surface area (Å²) in [6, 6.07) is 0. The molecule has 1 rings (SSSR count). The second-order valence-electron chi connectivity index (χ2n) is 4.75. The molecule has 4 nitrogen and oxygen atoms in total. The van der Waals surface area contributed by atoms with Gasteiger partial charge in [0, 0.05) is 18.8 Å². The molecule has 1 fully saturated rings. The zero-order valence-electron chi connectivity index (χ0n) is 10.5. The monoisotopic (exact) mass is 231 g/mol. The SMILES string of the molecule is CCCNC(C)(CO)CCOC1CCOC1. The van der Waals surface area contributed by atoms with Gasteiger partial charge < -0.3 is 19.9 Å². The predicted octanol–water partition coefficient (Wildman–Crippen LogP) is 0.933. The van der Waals surface area contributed by atoms with Crippen molar-refractivity contribution in [2.24, 2.45) is 0 Å². The van der Waals surface area contributed by atoms with Gasteiger partial charge in [0.2, 0.25) is 0 Å². The summed E-state index contributed by atoms with van der Waals surface area (Å²) in [6.45, 7) is 7.46. The Bertz CT molecular complexity index is 183. The summed E-state index contributed by atoms with van der Waals surface area (Å²) >= 11 is 0. The summed E-state index contributed by atoms with van der Waals surface area (Å²) in [5.74, 6) is 0. The molecule has 0 spiro atoms. The van der Waals surface area contributed by atoms with Crippen LogP contribution < -0.4 is 5.32 Å². The van der Waals surface area contributed by atoms with Gasteiger partial charge in [0.1, 0.15) is 0 Å². The first-order chi connectivity index (χ1) is 7.70. The Balaban J connectivity index is 2.16. The zero-order chi connectivity index (χ0) is 11.9. The number of aliphatic hydroxyl groups is 1. The largest absolute Gasteiger partial charge is 0.394 e. The zero-order valence-corrected chi connectivity index (χ0v) is 10.5. The van der Waals surface area contributed by atoms with E-state index in [2.05, 4.69) is 12.2 Å². The van der Waals surface area contributed by atoms with Gasteiger partial charge in [-0.3, -0.25) is 0 Å². The molecule has 1 aliphatic heterocycles. The van der Waals surface area contributed by atoms with Crippen LogP contribution in [0.3, 0.4) is 0 Å². The lowest BCUT2D eigenvalue weighted by Crippen LogP contribution is -2.47. The van der Waals surface area contributed by atoms with Crippen LogP contribution in [0.4, 0.5) is 0 Å². The van der Waals surface area contributed by atoms with Crippen molar-refractivity contribution in [2.45, 2.75) is 44.8 Å². The van der Waals surface area contributed by atoms with Crippen LogP contribution in [0.25, 0.3) is 0 Å². The first kappa shape index (κ1) is 13.9. The average Bonchev–Trinajstić information content (AvgIpc) is 2.79. The Morgan fingerprint density at radius 2 is 2.38 bits per heavy atom. The first-order valence-electron chi connectivity index (χ1n) is 6.25. The third-order valence-corrected chi connectivity index (χ3v) is 3.05. The molecule has 0 bridgehead atoms. The van der Waals surface area contributed by atoms with E-state index in [1.54, 1.807) is 0 Å². The topological polar surface area (TPSA) is 50.7 Å². The second kappa shape index (κ2) is 7.22. The molecule has 0 aromatic heterocycles. The molecular weight excluding hydrogens is 206 g/mol. The molecule has 2 N–H and O–H groups in total. The van der Waals surface area contributed by atoms with Gasteiger partial charge in [-0.15, -0.1) is 0 Å². The molecule has 1 saturated heterocycles. The van der Waals surface area contributed by atoms with Gasteiger partial charge in [-0.1, -0.05) is 6.92 Å². The summed E-state index contributed by atoms with van der Waals surface area (Å²) in [6.07, 6.45) is 3.17. The molecule has 4 heteroatoms. The van der Waals surface area contributed by atoms with Crippen LogP contribution in [0.5, 0.6) is 0 Å². The van der Waals surface area contributed by atoms with Crippen LogP contribution in [0.15, 0.2) is 0 Å². The highest BCUT2D eigenvalue weighted by Gasteiger charge is 2.23. The molecule has 1 aliphatic rings. The van der Waals surface area contributed by atoms with E-state index < -0.39 is 0 Å². The van der Waals surface area contributed by atoms with Gasteiger partial charge >= 0.3 is 0 Å². The lowest BCUT2D eigenvalue weighted by atomic mass is 9.99. The van der Waals surface area contributed by atoms with Crippen molar-refractivity contribution in [1.29, 1.82) is 0 Å². The van der Waals surface area contributed by atoms with E-state index in [0.29, 0.717) is 6.61 Å². The molecule has 0 aromatic carbocycles. The molecule has 0 aliphatic carbocycles. The molecule has 96 valence electrons. The first-order valence-corrected chi connectivity index (χ1v) is 6.25. The Hall–Kier alpha value is -0.160. The van der Waals surface area contributed by atoms with Crippen LogP contribution in [-0.4, -0.2) is 49.7 Å². The van der Waals surface area contributed by atoms with E-state index >= 15 is 0 Å². The maximum absolute atomic E-state index is 9.36. The molecule has 0 radical (unpaired) electrons. The standard InChI is InChI=1S/C12H25NO3/c1-3-6-13-12(2,10-14)5-8-16-11-4-7-15-9-11/h11,13-14H,3-10H2,1-2H3. The minimum absolute atomic E-state index is 0.150. The van der Waals surface area contributed by atoms with Crippen molar-refractivity contribution >= 4 is 0 Å². The summed E-state index contributed by atoms with van der Waals surface area (Å²) in [7, 11) is 0. The predicted molar refractivity (Wildman–Crippen MR) is 63.6 cm³/mol. The lowest BCUT2D eigenvalue weighted by molar-refractivity contribution is 0.0243. The van der Waals surface area contributed by atoms with E-state index in [1.165, 1.54) is 0 Å². The quantitative estimate of drug-likeness (QED) is 0.652. The number of hydrogen-bond acceptors (Lipinski definition) is 4. The third-order valence-electron chi connectivity index (χ3n) is 3.05. The molecule has 2 unspecified atom stereocenters. The van der Waals surface area contributed by atoms with Crippen molar-refractivity contribution < 1.29 is 14.6 Å². The maximum Gasteiger partial charge on any atom is 0.0830 e. The van der Waals surface area contributed by atoms with Gasteiger partial charge in [-0.05, 0) is 32.7 Å². The smallest absolute Gasteiger partial charge is 0.0830 e. The lowest BCUT2D eigenvalue weighted by Gasteiger charge is -2.29. The molecule has 0 saturated carbocycles. The summed E-state index contributed by atoms with van der Waals surface area (Å²) in [4.78, 5) is 0. The fourth-order valence-corrected chi connectivity index (χ4v) is 1.75. The third kappa shape index (κ3) is 4.78. The highest BCUT2D eigenvalue weighted by molar-refractivity contribution is 4.82. The fourth-order valence-electron chi connectivity index (χ4n) is 1.75. The Kier molecular flexibility index (Phi) is 6.28. The van der Waals surface area contributed by atoms with Gasteiger partial charge in [-0.25, -0.2) is 0 Å². The van der Waals surface area contributed by atoms with Crippen molar-refractivity contribution in [3.05, 3.63) is 0 Å². The van der Waals surface area contributed by atoms with E-state index in [9.17, 15) is 5.11 Å². The Labute approximate surface area is 98.3 Å². The van der Waals surface area contributed by atoms with Crippen molar-refractivity contribution in [2.75, 3.05) is 33.0 Å². The van der Waals surface area contributed by atoms with Crippen LogP contribution in [0.1, 0.15) is 33.1 Å². The number of hydrogen-bond donors (Lipinski definition) is 2. The maximum atomic E-state index is 9.36. The number of nitrogens with one attached hydrogen (secondary N) is 1. The number of ether oxygens (including phenoxy) is 2. The molecule has 1 heterocycles. The Morgan fingerprint density at radius 1 is 1.56 bits per heavy atom. The Morgan fingerprint density at radius 3 is 2.94 bits per heavy atom. The van der Waals surface area contributed by atoms with Crippen LogP contribution >= 0.6 is 0 Å².